The van der Waals surface area contributed by atoms with Crippen LogP contribution >= 0.6 is 0 Å². The van der Waals surface area contributed by atoms with E-state index < -0.39 is 9.84 Å². The van der Waals surface area contributed by atoms with Crippen LogP contribution in [0, 0.1) is 0 Å². The fourth-order valence-corrected chi connectivity index (χ4v) is 4.29. The third kappa shape index (κ3) is 3.49. The second kappa shape index (κ2) is 7.67. The van der Waals surface area contributed by atoms with Crippen LogP contribution in [0.1, 0.15) is 6.92 Å². The summed E-state index contributed by atoms with van der Waals surface area (Å²) in [5, 5.41) is 2.74. The van der Waals surface area contributed by atoms with Crippen molar-refractivity contribution in [1.82, 2.24) is 4.98 Å². The van der Waals surface area contributed by atoms with Crippen LogP contribution < -0.4 is 19.5 Å². The topological polar surface area (TPSA) is 99.9 Å². The summed E-state index contributed by atoms with van der Waals surface area (Å²) in [7, 11) is -2.45. The number of hydrogen-bond acceptors (Lipinski definition) is 8. The van der Waals surface area contributed by atoms with Gasteiger partial charge in [0.15, 0.2) is 11.5 Å². The second-order valence-electron chi connectivity index (χ2n) is 6.19. The summed E-state index contributed by atoms with van der Waals surface area (Å²) in [5.41, 5.74) is 0.553. The van der Waals surface area contributed by atoms with Gasteiger partial charge in [-0.15, -0.1) is 0 Å². The van der Waals surface area contributed by atoms with Gasteiger partial charge < -0.3 is 23.9 Å². The molecule has 1 aliphatic rings. The Labute approximate surface area is 168 Å². The SMILES string of the molecule is CCNc1oc(-c2ccccc2OC)nc1S(=O)(=O)c1ccc2c(c1)OCCO2. The molecule has 0 bridgehead atoms. The predicted molar refractivity (Wildman–Crippen MR) is 106 cm³/mol. The van der Waals surface area contributed by atoms with E-state index in [9.17, 15) is 8.42 Å². The number of rotatable bonds is 6. The first-order chi connectivity index (χ1) is 14.0. The van der Waals surface area contributed by atoms with E-state index in [1.165, 1.54) is 19.2 Å². The van der Waals surface area contributed by atoms with E-state index in [0.29, 0.717) is 42.6 Å². The van der Waals surface area contributed by atoms with Gasteiger partial charge >= 0.3 is 0 Å². The molecule has 4 rings (SSSR count). The molecule has 0 aliphatic carbocycles. The van der Waals surface area contributed by atoms with Gasteiger partial charge in [-0.25, -0.2) is 8.42 Å². The highest BCUT2D eigenvalue weighted by Crippen LogP contribution is 2.38. The van der Waals surface area contributed by atoms with E-state index in [2.05, 4.69) is 10.3 Å². The monoisotopic (exact) mass is 416 g/mol. The van der Waals surface area contributed by atoms with Gasteiger partial charge in [0, 0.05) is 12.6 Å². The molecule has 0 unspecified atom stereocenters. The molecule has 0 saturated carbocycles. The molecule has 29 heavy (non-hydrogen) atoms. The van der Waals surface area contributed by atoms with Crippen LogP contribution in [0.25, 0.3) is 11.5 Å². The predicted octanol–water partition coefficient (Wildman–Crippen LogP) is 3.39. The lowest BCUT2D eigenvalue weighted by molar-refractivity contribution is 0.171. The minimum absolute atomic E-state index is 0.0424. The van der Waals surface area contributed by atoms with Crippen molar-refractivity contribution in [2.45, 2.75) is 16.8 Å². The summed E-state index contributed by atoms with van der Waals surface area (Å²) in [5.74, 6) is 1.64. The highest BCUT2D eigenvalue weighted by atomic mass is 32.2. The zero-order valence-corrected chi connectivity index (χ0v) is 16.8. The quantitative estimate of drug-likeness (QED) is 0.653. The maximum atomic E-state index is 13.3. The molecule has 1 N–H and O–H groups in total. The molecule has 8 nitrogen and oxygen atoms in total. The van der Waals surface area contributed by atoms with Gasteiger partial charge in [0.25, 0.3) is 0 Å². The Morgan fingerprint density at radius 3 is 2.62 bits per heavy atom. The average Bonchev–Trinajstić information content (AvgIpc) is 3.18. The van der Waals surface area contributed by atoms with Crippen molar-refractivity contribution in [3.05, 3.63) is 42.5 Å². The molecule has 2 aromatic carbocycles. The lowest BCUT2D eigenvalue weighted by atomic mass is 10.2. The Bertz CT molecular complexity index is 1140. The van der Waals surface area contributed by atoms with Crippen molar-refractivity contribution in [3.63, 3.8) is 0 Å². The van der Waals surface area contributed by atoms with Crippen molar-refractivity contribution in [2.75, 3.05) is 32.2 Å². The van der Waals surface area contributed by atoms with Crippen LogP contribution in [0.3, 0.4) is 0 Å². The molecule has 0 fully saturated rings. The van der Waals surface area contributed by atoms with Gasteiger partial charge in [0.2, 0.25) is 26.6 Å². The number of methoxy groups -OCH3 is 1. The number of sulfone groups is 1. The molecule has 3 aromatic rings. The minimum atomic E-state index is -3.98. The number of ether oxygens (including phenoxy) is 3. The number of hydrogen-bond donors (Lipinski definition) is 1. The number of anilines is 1. The molecule has 1 aliphatic heterocycles. The highest BCUT2D eigenvalue weighted by molar-refractivity contribution is 7.91. The highest BCUT2D eigenvalue weighted by Gasteiger charge is 2.30. The Balaban J connectivity index is 1.82. The first kappa shape index (κ1) is 19.1. The third-order valence-corrected chi connectivity index (χ3v) is 6.01. The average molecular weight is 416 g/mol. The summed E-state index contributed by atoms with van der Waals surface area (Å²) in [6, 6.07) is 11.6. The van der Waals surface area contributed by atoms with Crippen LogP contribution in [-0.2, 0) is 9.84 Å². The van der Waals surface area contributed by atoms with Gasteiger partial charge in [-0.1, -0.05) is 12.1 Å². The summed E-state index contributed by atoms with van der Waals surface area (Å²) in [6.45, 7) is 3.09. The molecule has 0 spiro atoms. The minimum Gasteiger partial charge on any atom is -0.496 e. The Hall–Kier alpha value is -3.20. The number of aromatic nitrogens is 1. The van der Waals surface area contributed by atoms with E-state index in [1.54, 1.807) is 24.3 Å². The Kier molecular flexibility index (Phi) is 5.06. The van der Waals surface area contributed by atoms with E-state index in [0.717, 1.165) is 0 Å². The second-order valence-corrected chi connectivity index (χ2v) is 8.06. The number of nitrogens with one attached hydrogen (secondary N) is 1. The smallest absolute Gasteiger partial charge is 0.233 e. The lowest BCUT2D eigenvalue weighted by Gasteiger charge is -2.18. The molecular weight excluding hydrogens is 396 g/mol. The summed E-state index contributed by atoms with van der Waals surface area (Å²) in [6.07, 6.45) is 0. The van der Waals surface area contributed by atoms with E-state index >= 15 is 0 Å². The number of benzene rings is 2. The molecule has 0 amide bonds. The lowest BCUT2D eigenvalue weighted by Crippen LogP contribution is -2.16. The summed E-state index contributed by atoms with van der Waals surface area (Å²) < 4.78 is 48.7. The first-order valence-corrected chi connectivity index (χ1v) is 10.6. The maximum Gasteiger partial charge on any atom is 0.233 e. The summed E-state index contributed by atoms with van der Waals surface area (Å²) >= 11 is 0. The number of nitrogens with zero attached hydrogens (tertiary/aromatic N) is 1. The normalized spacial score (nSPS) is 13.2. The molecule has 0 saturated heterocycles. The van der Waals surface area contributed by atoms with E-state index in [-0.39, 0.29) is 21.7 Å². The van der Waals surface area contributed by atoms with Crippen LogP contribution in [0.2, 0.25) is 0 Å². The van der Waals surface area contributed by atoms with Crippen LogP contribution in [-0.4, -0.2) is 40.3 Å². The van der Waals surface area contributed by atoms with Gasteiger partial charge in [-0.05, 0) is 31.2 Å². The molecule has 152 valence electrons. The molecule has 9 heteroatoms. The number of fused-ring (bicyclic) bond motifs is 1. The molecular formula is C20H20N2O6S. The standard InChI is InChI=1S/C20H20N2O6S/c1-3-21-19-20(22-18(28-19)14-6-4-5-7-15(14)25-2)29(23,24)13-8-9-16-17(12-13)27-11-10-26-16/h4-9,12,21H,3,10-11H2,1-2H3. The summed E-state index contributed by atoms with van der Waals surface area (Å²) in [4.78, 5) is 4.34. The molecule has 0 atom stereocenters. The van der Waals surface area contributed by atoms with Crippen molar-refractivity contribution in [3.8, 4) is 28.7 Å². The Morgan fingerprint density at radius 2 is 1.86 bits per heavy atom. The largest absolute Gasteiger partial charge is 0.496 e. The van der Waals surface area contributed by atoms with E-state index in [4.69, 9.17) is 18.6 Å². The third-order valence-electron chi connectivity index (χ3n) is 4.35. The van der Waals surface area contributed by atoms with Crippen LogP contribution in [0.5, 0.6) is 17.2 Å². The van der Waals surface area contributed by atoms with Gasteiger partial charge in [-0.3, -0.25) is 0 Å². The zero-order chi connectivity index (χ0) is 20.4. The van der Waals surface area contributed by atoms with Crippen LogP contribution in [0.4, 0.5) is 5.88 Å². The molecule has 1 aromatic heterocycles. The van der Waals surface area contributed by atoms with Gasteiger partial charge in [-0.2, -0.15) is 4.98 Å². The number of oxazole rings is 1. The molecule has 2 heterocycles. The maximum absolute atomic E-state index is 13.3. The van der Waals surface area contributed by atoms with Crippen molar-refractivity contribution < 1.29 is 27.0 Å². The van der Waals surface area contributed by atoms with Crippen LogP contribution in [0.15, 0.2) is 56.8 Å². The fourth-order valence-electron chi connectivity index (χ4n) is 3.00. The van der Waals surface area contributed by atoms with E-state index in [1.807, 2.05) is 13.0 Å². The fraction of sp³-hybridized carbons (Fsp3) is 0.250. The van der Waals surface area contributed by atoms with Gasteiger partial charge in [0.1, 0.15) is 19.0 Å². The zero-order valence-electron chi connectivity index (χ0n) is 16.0. The van der Waals surface area contributed by atoms with Crippen molar-refractivity contribution >= 4 is 15.7 Å². The van der Waals surface area contributed by atoms with Crippen molar-refractivity contribution in [1.29, 1.82) is 0 Å². The Morgan fingerprint density at radius 1 is 1.10 bits per heavy atom. The first-order valence-electron chi connectivity index (χ1n) is 9.07. The number of para-hydroxylation sites is 1. The molecule has 0 radical (unpaired) electrons. The van der Waals surface area contributed by atoms with Crippen molar-refractivity contribution in [2.24, 2.45) is 0 Å². The van der Waals surface area contributed by atoms with Gasteiger partial charge in [0.05, 0.1) is 17.6 Å².